The van der Waals surface area contributed by atoms with E-state index in [-0.39, 0.29) is 10.8 Å². The fraction of sp³-hybridized carbons (Fsp3) is 0.545. The molecule has 1 fully saturated rings. The maximum atomic E-state index is 11.8. The van der Waals surface area contributed by atoms with Gasteiger partial charge in [-0.25, -0.2) is 0 Å². The van der Waals surface area contributed by atoms with Crippen molar-refractivity contribution in [2.75, 3.05) is 0 Å². The molecule has 2 unspecified atom stereocenters. The lowest BCUT2D eigenvalue weighted by Gasteiger charge is -2.55. The van der Waals surface area contributed by atoms with Gasteiger partial charge >= 0.3 is 0 Å². The van der Waals surface area contributed by atoms with Crippen LogP contribution >= 0.6 is 0 Å². The van der Waals surface area contributed by atoms with Crippen molar-refractivity contribution in [3.8, 4) is 0 Å². The van der Waals surface area contributed by atoms with Crippen molar-refractivity contribution in [3.05, 3.63) is 24.3 Å². The van der Waals surface area contributed by atoms with Crippen molar-refractivity contribution in [3.63, 3.8) is 0 Å². The zero-order chi connectivity index (χ0) is 8.98. The SMILES string of the molecule is CC1(C)C(=O)C2(C)C=CC=CC12. The van der Waals surface area contributed by atoms with Gasteiger partial charge < -0.3 is 0 Å². The van der Waals surface area contributed by atoms with E-state index in [1.807, 2.05) is 39.0 Å². The first-order valence-corrected chi connectivity index (χ1v) is 4.40. The quantitative estimate of drug-likeness (QED) is 0.534. The highest BCUT2D eigenvalue weighted by molar-refractivity contribution is 5.99. The van der Waals surface area contributed by atoms with Gasteiger partial charge in [0, 0.05) is 11.3 Å². The summed E-state index contributed by atoms with van der Waals surface area (Å²) in [5.74, 6) is 0.781. The molecule has 0 amide bonds. The van der Waals surface area contributed by atoms with Crippen molar-refractivity contribution in [2.24, 2.45) is 16.7 Å². The van der Waals surface area contributed by atoms with Crippen LogP contribution in [0.5, 0.6) is 0 Å². The normalized spacial score (nSPS) is 42.2. The van der Waals surface area contributed by atoms with Crippen molar-refractivity contribution in [1.29, 1.82) is 0 Å². The molecule has 0 radical (unpaired) electrons. The van der Waals surface area contributed by atoms with Gasteiger partial charge in [0.05, 0.1) is 5.41 Å². The van der Waals surface area contributed by atoms with Gasteiger partial charge in [0.15, 0.2) is 0 Å². The molecule has 0 bridgehead atoms. The van der Waals surface area contributed by atoms with Gasteiger partial charge in [-0.1, -0.05) is 38.2 Å². The predicted molar refractivity (Wildman–Crippen MR) is 48.7 cm³/mol. The van der Waals surface area contributed by atoms with Crippen molar-refractivity contribution >= 4 is 5.78 Å². The van der Waals surface area contributed by atoms with E-state index in [1.165, 1.54) is 0 Å². The smallest absolute Gasteiger partial charge is 0.149 e. The minimum atomic E-state index is -0.196. The summed E-state index contributed by atoms with van der Waals surface area (Å²) < 4.78 is 0. The number of carbonyl (C=O) groups excluding carboxylic acids is 1. The molecule has 0 aliphatic heterocycles. The zero-order valence-electron chi connectivity index (χ0n) is 7.79. The summed E-state index contributed by atoms with van der Waals surface area (Å²) in [7, 11) is 0. The summed E-state index contributed by atoms with van der Waals surface area (Å²) in [6, 6.07) is 0. The average molecular weight is 162 g/mol. The number of carbonyl (C=O) groups is 1. The Morgan fingerprint density at radius 2 is 1.92 bits per heavy atom. The molecule has 64 valence electrons. The number of hydrogen-bond acceptors (Lipinski definition) is 1. The molecule has 1 nitrogen and oxygen atoms in total. The largest absolute Gasteiger partial charge is 0.298 e. The fourth-order valence-electron chi connectivity index (χ4n) is 2.70. The summed E-state index contributed by atoms with van der Waals surface area (Å²) in [4.78, 5) is 11.8. The number of hydrogen-bond donors (Lipinski definition) is 0. The van der Waals surface area contributed by atoms with E-state index in [2.05, 4.69) is 6.08 Å². The first-order chi connectivity index (χ1) is 5.49. The lowest BCUT2D eigenvalue weighted by atomic mass is 9.45. The third-order valence-electron chi connectivity index (χ3n) is 3.36. The second-order valence-electron chi connectivity index (χ2n) is 4.56. The maximum absolute atomic E-state index is 11.8. The first kappa shape index (κ1) is 7.78. The highest BCUT2D eigenvalue weighted by Crippen LogP contribution is 2.58. The zero-order valence-corrected chi connectivity index (χ0v) is 7.79. The van der Waals surface area contributed by atoms with Crippen LogP contribution < -0.4 is 0 Å². The first-order valence-electron chi connectivity index (χ1n) is 4.40. The average Bonchev–Trinajstić information content (AvgIpc) is 2.04. The Hall–Kier alpha value is -0.850. The molecule has 0 heterocycles. The third-order valence-corrected chi connectivity index (χ3v) is 3.36. The molecule has 2 aliphatic carbocycles. The molecule has 1 heteroatoms. The molecule has 0 aromatic heterocycles. The molecule has 2 atom stereocenters. The van der Waals surface area contributed by atoms with Crippen LogP contribution in [0.1, 0.15) is 20.8 Å². The molecule has 0 aromatic rings. The summed E-state index contributed by atoms with van der Waals surface area (Å²) in [6.45, 7) is 6.10. The molecule has 1 saturated carbocycles. The molecule has 0 saturated heterocycles. The van der Waals surface area contributed by atoms with Gasteiger partial charge in [-0.2, -0.15) is 0 Å². The van der Waals surface area contributed by atoms with Crippen LogP contribution in [0.4, 0.5) is 0 Å². The third kappa shape index (κ3) is 0.626. The summed E-state index contributed by atoms with van der Waals surface area (Å²) in [5.41, 5.74) is -0.339. The highest BCUT2D eigenvalue weighted by atomic mass is 16.1. The number of rotatable bonds is 0. The monoisotopic (exact) mass is 162 g/mol. The summed E-state index contributed by atoms with van der Waals surface area (Å²) >= 11 is 0. The van der Waals surface area contributed by atoms with E-state index in [1.54, 1.807) is 0 Å². The van der Waals surface area contributed by atoms with E-state index >= 15 is 0 Å². The Balaban J connectivity index is 2.43. The van der Waals surface area contributed by atoms with Gasteiger partial charge in [-0.05, 0) is 6.92 Å². The number of fused-ring (bicyclic) bond motifs is 1. The van der Waals surface area contributed by atoms with E-state index < -0.39 is 0 Å². The Bertz CT molecular complexity index is 296. The van der Waals surface area contributed by atoms with Crippen LogP contribution in [-0.4, -0.2) is 5.78 Å². The van der Waals surface area contributed by atoms with Gasteiger partial charge in [-0.15, -0.1) is 0 Å². The minimum Gasteiger partial charge on any atom is -0.298 e. The topological polar surface area (TPSA) is 17.1 Å². The van der Waals surface area contributed by atoms with Crippen molar-refractivity contribution in [2.45, 2.75) is 20.8 Å². The molecule has 0 spiro atoms. The summed E-state index contributed by atoms with van der Waals surface area (Å²) in [6.07, 6.45) is 8.21. The van der Waals surface area contributed by atoms with E-state index in [4.69, 9.17) is 0 Å². The summed E-state index contributed by atoms with van der Waals surface area (Å²) in [5, 5.41) is 0. The van der Waals surface area contributed by atoms with Gasteiger partial charge in [-0.3, -0.25) is 4.79 Å². The van der Waals surface area contributed by atoms with Crippen LogP contribution in [0.2, 0.25) is 0 Å². The standard InChI is InChI=1S/C11H14O/c1-10(2)8-6-4-5-7-11(8,3)9(10)12/h4-8H,1-3H3. The predicted octanol–water partition coefficient (Wildman–Crippen LogP) is 2.34. The minimum absolute atomic E-state index is 0.143. The fourth-order valence-corrected chi connectivity index (χ4v) is 2.70. The van der Waals surface area contributed by atoms with E-state index in [0.717, 1.165) is 0 Å². The van der Waals surface area contributed by atoms with Crippen molar-refractivity contribution < 1.29 is 4.79 Å². The molecule has 2 aliphatic rings. The second-order valence-corrected chi connectivity index (χ2v) is 4.56. The molecular weight excluding hydrogens is 148 g/mol. The van der Waals surface area contributed by atoms with Crippen LogP contribution in [0.3, 0.4) is 0 Å². The van der Waals surface area contributed by atoms with Gasteiger partial charge in [0.2, 0.25) is 0 Å². The number of Topliss-reactive ketones (excluding diaryl/α,β-unsaturated/α-hetero) is 1. The molecular formula is C11H14O. The second kappa shape index (κ2) is 1.90. The molecule has 2 rings (SSSR count). The Morgan fingerprint density at radius 3 is 2.50 bits per heavy atom. The van der Waals surface area contributed by atoms with Crippen LogP contribution in [0, 0.1) is 16.7 Å². The molecule has 12 heavy (non-hydrogen) atoms. The van der Waals surface area contributed by atoms with E-state index in [9.17, 15) is 4.79 Å². The van der Waals surface area contributed by atoms with Gasteiger partial charge in [0.25, 0.3) is 0 Å². The van der Waals surface area contributed by atoms with Crippen LogP contribution in [0.25, 0.3) is 0 Å². The lowest BCUT2D eigenvalue weighted by Crippen LogP contribution is -2.60. The Labute approximate surface area is 73.2 Å². The molecule has 0 aromatic carbocycles. The molecule has 0 N–H and O–H groups in total. The number of allylic oxidation sites excluding steroid dienone is 4. The highest BCUT2D eigenvalue weighted by Gasteiger charge is 2.61. The van der Waals surface area contributed by atoms with Crippen molar-refractivity contribution in [1.82, 2.24) is 0 Å². The number of ketones is 1. The Kier molecular flexibility index (Phi) is 1.23. The van der Waals surface area contributed by atoms with Gasteiger partial charge in [0.1, 0.15) is 5.78 Å². The lowest BCUT2D eigenvalue weighted by molar-refractivity contribution is -0.157. The van der Waals surface area contributed by atoms with Crippen LogP contribution in [0.15, 0.2) is 24.3 Å². The van der Waals surface area contributed by atoms with E-state index in [0.29, 0.717) is 11.7 Å². The maximum Gasteiger partial charge on any atom is 0.149 e. The Morgan fingerprint density at radius 1 is 1.25 bits per heavy atom. The van der Waals surface area contributed by atoms with Crippen LogP contribution in [-0.2, 0) is 4.79 Å².